The topological polar surface area (TPSA) is 35.2 Å². The third kappa shape index (κ3) is 3.22. The van der Waals surface area contributed by atoms with Crippen LogP contribution in [0.3, 0.4) is 0 Å². The highest BCUT2D eigenvalue weighted by Crippen LogP contribution is 2.27. The maximum atomic E-state index is 13.2. The Morgan fingerprint density at radius 2 is 2.17 bits per heavy atom. The lowest BCUT2D eigenvalue weighted by molar-refractivity contribution is 0.303. The largest absolute Gasteiger partial charge is 0.488 e. The van der Waals surface area contributed by atoms with Gasteiger partial charge in [0.2, 0.25) is 0 Å². The number of benzene rings is 1. The van der Waals surface area contributed by atoms with E-state index >= 15 is 0 Å². The lowest BCUT2D eigenvalue weighted by Crippen LogP contribution is -2.08. The monoisotopic (exact) mass is 285 g/mol. The second-order valence-electron chi connectivity index (χ2n) is 3.97. The smallest absolute Gasteiger partial charge is 0.127 e. The lowest BCUT2D eigenvalue weighted by Gasteiger charge is -2.13. The lowest BCUT2D eigenvalue weighted by atomic mass is 10.1. The van der Waals surface area contributed by atoms with Crippen molar-refractivity contribution in [1.82, 2.24) is 0 Å². The molecule has 2 aromatic rings. The van der Waals surface area contributed by atoms with Crippen LogP contribution in [0.25, 0.3) is 0 Å². The summed E-state index contributed by atoms with van der Waals surface area (Å²) in [5, 5.41) is 0. The first-order valence-electron chi connectivity index (χ1n) is 5.48. The summed E-state index contributed by atoms with van der Waals surface area (Å²) in [5.74, 6) is 0.146. The molecular weight excluding hydrogens is 273 g/mol. The zero-order valence-electron chi connectivity index (χ0n) is 9.82. The molecule has 1 heterocycles. The van der Waals surface area contributed by atoms with Gasteiger partial charge in [-0.15, -0.1) is 11.3 Å². The van der Waals surface area contributed by atoms with Crippen molar-refractivity contribution in [2.75, 3.05) is 0 Å². The van der Waals surface area contributed by atoms with Gasteiger partial charge in [-0.25, -0.2) is 4.39 Å². The fourth-order valence-electron chi connectivity index (χ4n) is 1.59. The summed E-state index contributed by atoms with van der Waals surface area (Å²) in [6.45, 7) is 2.20. The predicted octanol–water partition coefficient (Wildman–Crippen LogP) is 4.14. The van der Waals surface area contributed by atoms with Crippen molar-refractivity contribution in [2.45, 2.75) is 19.6 Å². The summed E-state index contributed by atoms with van der Waals surface area (Å²) < 4.78 is 19.5. The van der Waals surface area contributed by atoms with E-state index in [1.165, 1.54) is 23.5 Å². The van der Waals surface area contributed by atoms with Crippen molar-refractivity contribution in [3.05, 3.63) is 50.9 Å². The Kier molecular flexibility index (Phi) is 4.22. The predicted molar refractivity (Wildman–Crippen MR) is 72.7 cm³/mol. The molecule has 0 bridgehead atoms. The molecule has 1 atom stereocenters. The summed E-state index contributed by atoms with van der Waals surface area (Å²) in [6, 6.07) is 7.88. The van der Waals surface area contributed by atoms with Gasteiger partial charge in [-0.1, -0.05) is 17.7 Å². The molecule has 96 valence electrons. The van der Waals surface area contributed by atoms with Crippen LogP contribution in [0, 0.1) is 5.82 Å². The Balaban J connectivity index is 2.15. The molecule has 0 aliphatic heterocycles. The van der Waals surface area contributed by atoms with Crippen LogP contribution in [-0.4, -0.2) is 0 Å². The number of nitrogens with two attached hydrogens (primary N) is 1. The maximum Gasteiger partial charge on any atom is 0.127 e. The highest BCUT2D eigenvalue weighted by molar-refractivity contribution is 7.16. The van der Waals surface area contributed by atoms with E-state index in [0.717, 1.165) is 10.4 Å². The van der Waals surface area contributed by atoms with Gasteiger partial charge < -0.3 is 10.5 Å². The number of rotatable bonds is 4. The van der Waals surface area contributed by atoms with Crippen LogP contribution < -0.4 is 10.5 Å². The van der Waals surface area contributed by atoms with Crippen LogP contribution in [-0.2, 0) is 6.61 Å². The summed E-state index contributed by atoms with van der Waals surface area (Å²) in [5.41, 5.74) is 6.61. The SMILES string of the molecule is C[C@@H](N)c1ccc(F)cc1OCc1ccc(Cl)s1. The average molecular weight is 286 g/mol. The highest BCUT2D eigenvalue weighted by atomic mass is 35.5. The standard InChI is InChI=1S/C13H13ClFNOS/c1-8(16)11-4-2-9(15)6-12(11)17-7-10-3-5-13(14)18-10/h2-6,8H,7,16H2,1H3/t8-/m1/s1. The zero-order valence-corrected chi connectivity index (χ0v) is 11.4. The van der Waals surface area contributed by atoms with Gasteiger partial charge in [0.1, 0.15) is 18.2 Å². The minimum absolute atomic E-state index is 0.201. The number of hydrogen-bond donors (Lipinski definition) is 1. The Hall–Kier alpha value is -1.10. The summed E-state index contributed by atoms with van der Waals surface area (Å²) >= 11 is 7.27. The first-order chi connectivity index (χ1) is 8.56. The molecule has 0 radical (unpaired) electrons. The van der Waals surface area contributed by atoms with E-state index in [2.05, 4.69) is 0 Å². The van der Waals surface area contributed by atoms with Gasteiger partial charge in [-0.05, 0) is 25.1 Å². The van der Waals surface area contributed by atoms with E-state index < -0.39 is 0 Å². The van der Waals surface area contributed by atoms with E-state index in [1.807, 2.05) is 19.1 Å². The van der Waals surface area contributed by atoms with Gasteiger partial charge in [-0.2, -0.15) is 0 Å². The molecule has 0 saturated carbocycles. The fourth-order valence-corrected chi connectivity index (χ4v) is 2.59. The Labute approximate surface area is 114 Å². The molecule has 2 nitrogen and oxygen atoms in total. The van der Waals surface area contributed by atoms with Gasteiger partial charge in [-0.3, -0.25) is 0 Å². The van der Waals surface area contributed by atoms with Crippen LogP contribution in [0.15, 0.2) is 30.3 Å². The average Bonchev–Trinajstić information content (AvgIpc) is 2.72. The molecule has 0 unspecified atom stereocenters. The Morgan fingerprint density at radius 1 is 1.39 bits per heavy atom. The number of ether oxygens (including phenoxy) is 1. The molecule has 0 spiro atoms. The van der Waals surface area contributed by atoms with Gasteiger partial charge in [0.15, 0.2) is 0 Å². The number of thiophene rings is 1. The zero-order chi connectivity index (χ0) is 13.1. The first kappa shape index (κ1) is 13.3. The second kappa shape index (κ2) is 5.69. The van der Waals surface area contributed by atoms with Crippen LogP contribution in [0.4, 0.5) is 4.39 Å². The van der Waals surface area contributed by atoms with Crippen molar-refractivity contribution in [2.24, 2.45) is 5.73 Å². The van der Waals surface area contributed by atoms with E-state index in [9.17, 15) is 4.39 Å². The molecule has 1 aromatic heterocycles. The molecule has 0 aliphatic carbocycles. The molecule has 0 aliphatic rings. The van der Waals surface area contributed by atoms with Crippen LogP contribution in [0.5, 0.6) is 5.75 Å². The molecule has 1 aromatic carbocycles. The third-order valence-corrected chi connectivity index (χ3v) is 3.67. The van der Waals surface area contributed by atoms with Gasteiger partial charge >= 0.3 is 0 Å². The first-order valence-corrected chi connectivity index (χ1v) is 6.68. The normalized spacial score (nSPS) is 12.4. The quantitative estimate of drug-likeness (QED) is 0.916. The van der Waals surface area contributed by atoms with Crippen LogP contribution in [0.1, 0.15) is 23.4 Å². The Bertz CT molecular complexity index is 542. The molecule has 0 fully saturated rings. The van der Waals surface area contributed by atoms with Crippen LogP contribution in [0.2, 0.25) is 4.34 Å². The third-order valence-electron chi connectivity index (χ3n) is 2.46. The van der Waals surface area contributed by atoms with Crippen molar-refractivity contribution < 1.29 is 9.13 Å². The van der Waals surface area contributed by atoms with Gasteiger partial charge in [0.05, 0.1) is 4.34 Å². The minimum atomic E-state index is -0.335. The van der Waals surface area contributed by atoms with Crippen molar-refractivity contribution >= 4 is 22.9 Å². The van der Waals surface area contributed by atoms with Crippen molar-refractivity contribution in [1.29, 1.82) is 0 Å². The molecule has 2 rings (SSSR count). The number of halogens is 2. The molecule has 0 saturated heterocycles. The maximum absolute atomic E-state index is 13.2. The molecule has 0 amide bonds. The highest BCUT2D eigenvalue weighted by Gasteiger charge is 2.10. The van der Waals surface area contributed by atoms with E-state index in [-0.39, 0.29) is 11.9 Å². The number of hydrogen-bond acceptors (Lipinski definition) is 3. The summed E-state index contributed by atoms with van der Waals surface area (Å²) in [6.07, 6.45) is 0. The fraction of sp³-hybridized carbons (Fsp3) is 0.231. The van der Waals surface area contributed by atoms with E-state index in [0.29, 0.717) is 16.7 Å². The van der Waals surface area contributed by atoms with Gasteiger partial charge in [0.25, 0.3) is 0 Å². The minimum Gasteiger partial charge on any atom is -0.488 e. The van der Waals surface area contributed by atoms with Gasteiger partial charge in [0, 0.05) is 22.5 Å². The molecule has 18 heavy (non-hydrogen) atoms. The Morgan fingerprint density at radius 3 is 2.78 bits per heavy atom. The second-order valence-corrected chi connectivity index (χ2v) is 5.76. The van der Waals surface area contributed by atoms with Crippen molar-refractivity contribution in [3.63, 3.8) is 0 Å². The van der Waals surface area contributed by atoms with Crippen LogP contribution >= 0.6 is 22.9 Å². The molecule has 2 N–H and O–H groups in total. The van der Waals surface area contributed by atoms with E-state index in [1.54, 1.807) is 6.07 Å². The molecular formula is C13H13ClFNOS. The van der Waals surface area contributed by atoms with Crippen molar-refractivity contribution in [3.8, 4) is 5.75 Å². The molecule has 5 heteroatoms. The summed E-state index contributed by atoms with van der Waals surface area (Å²) in [4.78, 5) is 0.986. The summed E-state index contributed by atoms with van der Waals surface area (Å²) in [7, 11) is 0. The van der Waals surface area contributed by atoms with E-state index in [4.69, 9.17) is 22.1 Å².